The van der Waals surface area contributed by atoms with Crippen molar-refractivity contribution in [1.82, 2.24) is 0 Å². The number of rotatable bonds is 11. The molecule has 0 amide bonds. The minimum atomic E-state index is -5.51. The van der Waals surface area contributed by atoms with E-state index in [1.165, 1.54) is 0 Å². The molecule has 22 heteroatoms. The van der Waals surface area contributed by atoms with E-state index in [0.717, 1.165) is 0 Å². The Morgan fingerprint density at radius 3 is 1.83 bits per heavy atom. The number of phosphoric acid groups is 1. The fraction of sp³-hybridized carbons (Fsp3) is 1.00. The van der Waals surface area contributed by atoms with Crippen molar-refractivity contribution < 1.29 is 104 Å². The molecule has 248 valence electrons. The molecule has 3 aliphatic heterocycles. The van der Waals surface area contributed by atoms with Gasteiger partial charge in [0.25, 0.3) is 0 Å². The first kappa shape index (κ1) is 35.9. The Morgan fingerprint density at radius 1 is 0.667 bits per heavy atom. The van der Waals surface area contributed by atoms with Crippen LogP contribution in [0.4, 0.5) is 0 Å². The molecule has 3 aliphatic rings. The molecule has 0 bridgehead atoms. The van der Waals surface area contributed by atoms with E-state index in [2.05, 4.69) is 4.52 Å². The third kappa shape index (κ3) is 7.98. The summed E-state index contributed by atoms with van der Waals surface area (Å²) in [7, 11) is -5.51. The topological polar surface area (TPSA) is 356 Å². The Morgan fingerprint density at radius 2 is 1.26 bits per heavy atom. The van der Waals surface area contributed by atoms with Gasteiger partial charge in [-0.05, 0) is 0 Å². The first-order valence-corrected chi connectivity index (χ1v) is 14.0. The van der Waals surface area contributed by atoms with Crippen LogP contribution in [-0.2, 0) is 32.8 Å². The van der Waals surface area contributed by atoms with Crippen LogP contribution in [0.1, 0.15) is 0 Å². The van der Waals surface area contributed by atoms with Gasteiger partial charge in [-0.25, -0.2) is 4.57 Å². The Bertz CT molecular complexity index is 892. The molecule has 21 nitrogen and oxygen atoms in total. The summed E-state index contributed by atoms with van der Waals surface area (Å²) in [5.74, 6) is 0. The van der Waals surface area contributed by atoms with E-state index in [9.17, 15) is 70.5 Å². The van der Waals surface area contributed by atoms with E-state index in [1.807, 2.05) is 0 Å². The molecule has 0 unspecified atom stereocenters. The van der Waals surface area contributed by atoms with Crippen LogP contribution in [0.15, 0.2) is 0 Å². The second-order valence-electron chi connectivity index (χ2n) is 9.93. The highest BCUT2D eigenvalue weighted by molar-refractivity contribution is 7.46. The second kappa shape index (κ2) is 14.7. The zero-order valence-electron chi connectivity index (χ0n) is 21.5. The van der Waals surface area contributed by atoms with Gasteiger partial charge in [-0.2, -0.15) is 0 Å². The van der Waals surface area contributed by atoms with Gasteiger partial charge in [0, 0.05) is 0 Å². The van der Waals surface area contributed by atoms with Crippen LogP contribution in [0.3, 0.4) is 0 Å². The van der Waals surface area contributed by atoms with Gasteiger partial charge in [0.05, 0.1) is 19.8 Å². The lowest BCUT2D eigenvalue weighted by Gasteiger charge is -2.47. The molecule has 3 saturated heterocycles. The van der Waals surface area contributed by atoms with Crippen LogP contribution in [-0.4, -0.2) is 195 Å². The Kier molecular flexibility index (Phi) is 12.6. The van der Waals surface area contributed by atoms with Crippen LogP contribution in [0.2, 0.25) is 0 Å². The molecule has 0 aromatic rings. The minimum absolute atomic E-state index is 0.887. The van der Waals surface area contributed by atoms with Crippen molar-refractivity contribution in [3.8, 4) is 0 Å². The van der Waals surface area contributed by atoms with Crippen molar-refractivity contribution in [1.29, 1.82) is 0 Å². The summed E-state index contributed by atoms with van der Waals surface area (Å²) in [5, 5.41) is 120. The molecule has 0 spiro atoms. The van der Waals surface area contributed by atoms with Crippen LogP contribution in [0.25, 0.3) is 0 Å². The van der Waals surface area contributed by atoms with E-state index in [-0.39, 0.29) is 0 Å². The summed E-state index contributed by atoms with van der Waals surface area (Å²) in [6.07, 6.45) is -33.3. The predicted molar refractivity (Wildman–Crippen MR) is 124 cm³/mol. The fourth-order valence-corrected chi connectivity index (χ4v) is 5.22. The molecule has 3 heterocycles. The number of phosphoric ester groups is 1. The standard InChI is InChI=1S/C20H37O21P/c21-1-4(23)14-10(28)9(27)11(29)19(39-14)36-3-5(24)15-17(41-42(33,34)35)16(13(31)18(32)38-15)40-20-12(30)8(26)7(25)6(2-22)37-20/h4-32H,1-3H2,(H2,33,34,35)/t4-,5-,6+,7+,8-,9-,10-,11-,12+,13-,14+,15+,16+,17+,18-,19-,20+/m0/s1. The van der Waals surface area contributed by atoms with Gasteiger partial charge in [-0.3, -0.25) is 4.52 Å². The molecule has 14 N–H and O–H groups in total. The first-order valence-electron chi connectivity index (χ1n) is 12.5. The lowest BCUT2D eigenvalue weighted by molar-refractivity contribution is -0.360. The van der Waals surface area contributed by atoms with Crippen molar-refractivity contribution in [3.05, 3.63) is 0 Å². The van der Waals surface area contributed by atoms with Gasteiger partial charge in [-0.1, -0.05) is 0 Å². The summed E-state index contributed by atoms with van der Waals surface area (Å²) in [4.78, 5) is 18.9. The SMILES string of the molecule is O=P(O)(O)O[C@H]1[C@H](O[C@H]2O[C@H](CO)[C@@H](O)[C@H](O)[C@H]2O)[C@H](O)[C@@H](O)O[C@@H]1[C@@H](O)CO[C@H]1O[C@H]([C@@H](O)CO)[C@@H](O)[C@H](O)[C@@H]1O. The van der Waals surface area contributed by atoms with Crippen LogP contribution < -0.4 is 0 Å². The van der Waals surface area contributed by atoms with Crippen LogP contribution >= 0.6 is 7.82 Å². The van der Waals surface area contributed by atoms with E-state index in [0.29, 0.717) is 0 Å². The van der Waals surface area contributed by atoms with Crippen LogP contribution in [0, 0.1) is 0 Å². The normalized spacial score (nSPS) is 46.8. The highest BCUT2D eigenvalue weighted by atomic mass is 31.2. The van der Waals surface area contributed by atoms with Crippen molar-refractivity contribution in [2.75, 3.05) is 19.8 Å². The highest BCUT2D eigenvalue weighted by Gasteiger charge is 2.55. The number of ether oxygens (including phenoxy) is 5. The van der Waals surface area contributed by atoms with Gasteiger partial charge in [0.2, 0.25) is 0 Å². The summed E-state index contributed by atoms with van der Waals surface area (Å²) in [6, 6.07) is 0. The van der Waals surface area contributed by atoms with Gasteiger partial charge in [0.1, 0.15) is 85.5 Å². The summed E-state index contributed by atoms with van der Waals surface area (Å²) in [6.45, 7) is -2.80. The molecule has 0 aromatic heterocycles. The van der Waals surface area contributed by atoms with Gasteiger partial charge >= 0.3 is 7.82 Å². The molecular formula is C20H37O21P. The van der Waals surface area contributed by atoms with E-state index >= 15 is 0 Å². The average Bonchev–Trinajstić information content (AvgIpc) is 2.93. The number of aliphatic hydroxyl groups excluding tert-OH is 12. The molecule has 42 heavy (non-hydrogen) atoms. The molecule has 17 atom stereocenters. The van der Waals surface area contributed by atoms with Crippen LogP contribution in [0.5, 0.6) is 0 Å². The third-order valence-corrected chi connectivity index (χ3v) is 7.47. The maximum absolute atomic E-state index is 11.8. The quantitative estimate of drug-likeness (QED) is 0.0928. The second-order valence-corrected chi connectivity index (χ2v) is 11.1. The smallest absolute Gasteiger partial charge is 0.394 e. The van der Waals surface area contributed by atoms with E-state index < -0.39 is 132 Å². The molecular weight excluding hydrogens is 607 g/mol. The molecule has 3 rings (SSSR count). The average molecular weight is 644 g/mol. The minimum Gasteiger partial charge on any atom is -0.394 e. The van der Waals surface area contributed by atoms with Crippen molar-refractivity contribution in [2.45, 2.75) is 104 Å². The summed E-state index contributed by atoms with van der Waals surface area (Å²) < 4.78 is 42.4. The van der Waals surface area contributed by atoms with E-state index in [1.54, 1.807) is 0 Å². The van der Waals surface area contributed by atoms with Crippen molar-refractivity contribution >= 4 is 7.82 Å². The molecule has 0 radical (unpaired) electrons. The molecule has 0 aromatic carbocycles. The largest absolute Gasteiger partial charge is 0.470 e. The maximum atomic E-state index is 11.8. The molecule has 0 saturated carbocycles. The Hall–Kier alpha value is -0.570. The van der Waals surface area contributed by atoms with E-state index in [4.69, 9.17) is 28.8 Å². The number of hydrogen-bond acceptors (Lipinski definition) is 19. The Balaban J connectivity index is 1.81. The summed E-state index contributed by atoms with van der Waals surface area (Å²) in [5.41, 5.74) is 0. The number of hydrogen-bond donors (Lipinski definition) is 14. The monoisotopic (exact) mass is 644 g/mol. The highest BCUT2D eigenvalue weighted by Crippen LogP contribution is 2.43. The molecule has 3 fully saturated rings. The zero-order valence-corrected chi connectivity index (χ0v) is 22.4. The summed E-state index contributed by atoms with van der Waals surface area (Å²) >= 11 is 0. The maximum Gasteiger partial charge on any atom is 0.470 e. The fourth-order valence-electron chi connectivity index (χ4n) is 4.66. The van der Waals surface area contributed by atoms with Gasteiger partial charge < -0.3 is 94.7 Å². The van der Waals surface area contributed by atoms with Crippen molar-refractivity contribution in [2.24, 2.45) is 0 Å². The van der Waals surface area contributed by atoms with Crippen molar-refractivity contribution in [3.63, 3.8) is 0 Å². The first-order chi connectivity index (χ1) is 19.5. The lowest BCUT2D eigenvalue weighted by Crippen LogP contribution is -2.66. The zero-order chi connectivity index (χ0) is 31.7. The third-order valence-electron chi connectivity index (χ3n) is 6.95. The Labute approximate surface area is 236 Å². The van der Waals surface area contributed by atoms with Gasteiger partial charge in [-0.15, -0.1) is 0 Å². The molecule has 0 aliphatic carbocycles. The van der Waals surface area contributed by atoms with Gasteiger partial charge in [0.15, 0.2) is 18.9 Å². The number of aliphatic hydroxyl groups is 12. The predicted octanol–water partition coefficient (Wildman–Crippen LogP) is -8.73. The lowest BCUT2D eigenvalue weighted by atomic mass is 9.94.